The molecule has 3 aromatic rings. The van der Waals surface area contributed by atoms with Gasteiger partial charge < -0.3 is 9.80 Å². The van der Waals surface area contributed by atoms with Gasteiger partial charge in [0.2, 0.25) is 5.95 Å². The molecule has 0 saturated carbocycles. The fourth-order valence-corrected chi connectivity index (χ4v) is 2.90. The summed E-state index contributed by atoms with van der Waals surface area (Å²) >= 11 is 5.85. The van der Waals surface area contributed by atoms with Crippen LogP contribution in [0.25, 0.3) is 11.3 Å². The van der Waals surface area contributed by atoms with E-state index in [4.69, 9.17) is 16.6 Å². The fraction of sp³-hybridized carbons (Fsp3) is 0.312. The minimum absolute atomic E-state index is 0.546. The maximum Gasteiger partial charge on any atom is 0.225 e. The molecule has 0 aromatic carbocycles. The molecule has 0 bridgehead atoms. The highest BCUT2D eigenvalue weighted by molar-refractivity contribution is 6.30. The quantitative estimate of drug-likeness (QED) is 0.706. The van der Waals surface area contributed by atoms with E-state index >= 15 is 0 Å². The molecule has 0 amide bonds. The molecular formula is C16H17ClN8. The Labute approximate surface area is 150 Å². The van der Waals surface area contributed by atoms with Crippen molar-refractivity contribution in [1.82, 2.24) is 29.7 Å². The predicted molar refractivity (Wildman–Crippen MR) is 95.7 cm³/mol. The van der Waals surface area contributed by atoms with Crippen molar-refractivity contribution >= 4 is 23.4 Å². The summed E-state index contributed by atoms with van der Waals surface area (Å²) in [5.41, 5.74) is 1.79. The van der Waals surface area contributed by atoms with Crippen LogP contribution in [-0.4, -0.2) is 55.9 Å². The smallest absolute Gasteiger partial charge is 0.225 e. The molecule has 128 valence electrons. The van der Waals surface area contributed by atoms with E-state index in [2.05, 4.69) is 29.9 Å². The maximum absolute atomic E-state index is 5.85. The molecule has 0 aliphatic carbocycles. The highest BCUT2D eigenvalue weighted by Gasteiger charge is 2.20. The van der Waals surface area contributed by atoms with Gasteiger partial charge in [0, 0.05) is 45.0 Å². The summed E-state index contributed by atoms with van der Waals surface area (Å²) in [7, 11) is 1.89. The first-order valence-electron chi connectivity index (χ1n) is 7.97. The molecule has 4 heterocycles. The van der Waals surface area contributed by atoms with Crippen molar-refractivity contribution in [2.24, 2.45) is 7.05 Å². The third-order valence-corrected chi connectivity index (χ3v) is 4.31. The van der Waals surface area contributed by atoms with Crippen molar-refractivity contribution in [2.45, 2.75) is 0 Å². The summed E-state index contributed by atoms with van der Waals surface area (Å²) in [5.74, 6) is 1.58. The van der Waals surface area contributed by atoms with E-state index in [-0.39, 0.29) is 0 Å². The van der Waals surface area contributed by atoms with E-state index in [0.717, 1.165) is 43.3 Å². The summed E-state index contributed by atoms with van der Waals surface area (Å²) in [6.07, 6.45) is 10.5. The highest BCUT2D eigenvalue weighted by atomic mass is 35.5. The lowest BCUT2D eigenvalue weighted by atomic mass is 10.2. The number of aromatic nitrogens is 6. The Morgan fingerprint density at radius 3 is 2.32 bits per heavy atom. The Kier molecular flexibility index (Phi) is 4.19. The van der Waals surface area contributed by atoms with E-state index in [1.807, 2.05) is 13.2 Å². The van der Waals surface area contributed by atoms with Gasteiger partial charge in [-0.3, -0.25) is 9.67 Å². The minimum atomic E-state index is 0.546. The molecule has 0 spiro atoms. The lowest BCUT2D eigenvalue weighted by molar-refractivity contribution is 0.634. The molecule has 0 atom stereocenters. The zero-order chi connectivity index (χ0) is 17.2. The van der Waals surface area contributed by atoms with E-state index in [1.54, 1.807) is 35.7 Å². The summed E-state index contributed by atoms with van der Waals surface area (Å²) in [4.78, 5) is 22.0. The third-order valence-electron chi connectivity index (χ3n) is 4.12. The van der Waals surface area contributed by atoms with Gasteiger partial charge >= 0.3 is 0 Å². The Hall–Kier alpha value is -2.74. The molecule has 9 heteroatoms. The normalized spacial score (nSPS) is 14.8. The van der Waals surface area contributed by atoms with Gasteiger partial charge in [-0.05, 0) is 0 Å². The zero-order valence-corrected chi connectivity index (χ0v) is 14.5. The van der Waals surface area contributed by atoms with Crippen LogP contribution in [0, 0.1) is 0 Å². The Morgan fingerprint density at radius 2 is 1.64 bits per heavy atom. The van der Waals surface area contributed by atoms with Crippen molar-refractivity contribution in [3.05, 3.63) is 42.2 Å². The second-order valence-electron chi connectivity index (χ2n) is 5.84. The average molecular weight is 357 g/mol. The van der Waals surface area contributed by atoms with Crippen LogP contribution < -0.4 is 9.80 Å². The van der Waals surface area contributed by atoms with Gasteiger partial charge in [0.05, 0.1) is 41.7 Å². The highest BCUT2D eigenvalue weighted by Crippen LogP contribution is 2.20. The van der Waals surface area contributed by atoms with Gasteiger partial charge in [-0.15, -0.1) is 0 Å². The molecule has 8 nitrogen and oxygen atoms in total. The number of rotatable bonds is 3. The van der Waals surface area contributed by atoms with Crippen LogP contribution in [0.4, 0.5) is 11.8 Å². The Bertz CT molecular complexity index is 855. The second kappa shape index (κ2) is 6.64. The van der Waals surface area contributed by atoms with Crippen LogP contribution in [0.15, 0.2) is 37.2 Å². The summed E-state index contributed by atoms with van der Waals surface area (Å²) in [5, 5.41) is 4.74. The standard InChI is InChI=1S/C16H17ClN8/c1-23-11-12(6-21-23)14-9-18-10-15(22-14)24-2-4-25(5-3-24)16-19-7-13(17)8-20-16/h6-11H,2-5H2,1H3. The molecule has 0 N–H and O–H groups in total. The lowest BCUT2D eigenvalue weighted by Gasteiger charge is -2.35. The topological polar surface area (TPSA) is 75.9 Å². The number of nitrogens with zero attached hydrogens (tertiary/aromatic N) is 8. The molecule has 1 saturated heterocycles. The van der Waals surface area contributed by atoms with Gasteiger partial charge in [-0.1, -0.05) is 11.6 Å². The van der Waals surface area contributed by atoms with Crippen LogP contribution in [0.3, 0.4) is 0 Å². The van der Waals surface area contributed by atoms with Gasteiger partial charge in [-0.25, -0.2) is 15.0 Å². The minimum Gasteiger partial charge on any atom is -0.352 e. The number of aryl methyl sites for hydroxylation is 1. The van der Waals surface area contributed by atoms with E-state index in [9.17, 15) is 0 Å². The number of hydrogen-bond acceptors (Lipinski definition) is 7. The van der Waals surface area contributed by atoms with Crippen LogP contribution in [0.1, 0.15) is 0 Å². The number of halogens is 1. The van der Waals surface area contributed by atoms with E-state index in [1.165, 1.54) is 0 Å². The first kappa shape index (κ1) is 15.8. The molecule has 1 aliphatic rings. The molecule has 4 rings (SSSR count). The second-order valence-corrected chi connectivity index (χ2v) is 6.28. The number of hydrogen-bond donors (Lipinski definition) is 0. The number of anilines is 2. The van der Waals surface area contributed by atoms with Gasteiger partial charge in [0.15, 0.2) is 0 Å². The monoisotopic (exact) mass is 356 g/mol. The van der Waals surface area contributed by atoms with Crippen molar-refractivity contribution < 1.29 is 0 Å². The molecule has 0 radical (unpaired) electrons. The van der Waals surface area contributed by atoms with Crippen molar-refractivity contribution in [3.63, 3.8) is 0 Å². The molecule has 1 fully saturated rings. The predicted octanol–water partition coefficient (Wildman–Crippen LogP) is 1.65. The van der Waals surface area contributed by atoms with Gasteiger partial charge in [0.1, 0.15) is 5.82 Å². The van der Waals surface area contributed by atoms with Crippen LogP contribution in [0.5, 0.6) is 0 Å². The van der Waals surface area contributed by atoms with Gasteiger partial charge in [-0.2, -0.15) is 5.10 Å². The Morgan fingerprint density at radius 1 is 0.920 bits per heavy atom. The first-order chi connectivity index (χ1) is 12.2. The van der Waals surface area contributed by atoms with Crippen LogP contribution in [0.2, 0.25) is 5.02 Å². The molecule has 25 heavy (non-hydrogen) atoms. The van der Waals surface area contributed by atoms with E-state index < -0.39 is 0 Å². The molecular weight excluding hydrogens is 340 g/mol. The molecule has 1 aliphatic heterocycles. The van der Waals surface area contributed by atoms with E-state index in [0.29, 0.717) is 11.0 Å². The lowest BCUT2D eigenvalue weighted by Crippen LogP contribution is -2.47. The largest absolute Gasteiger partial charge is 0.352 e. The summed E-state index contributed by atoms with van der Waals surface area (Å²) in [6, 6.07) is 0. The number of piperazine rings is 1. The fourth-order valence-electron chi connectivity index (χ4n) is 2.80. The zero-order valence-electron chi connectivity index (χ0n) is 13.7. The average Bonchev–Trinajstić information content (AvgIpc) is 3.09. The summed E-state index contributed by atoms with van der Waals surface area (Å²) < 4.78 is 1.76. The Balaban J connectivity index is 1.46. The third kappa shape index (κ3) is 3.39. The van der Waals surface area contributed by atoms with Crippen molar-refractivity contribution in [2.75, 3.05) is 36.0 Å². The van der Waals surface area contributed by atoms with Crippen molar-refractivity contribution in [3.8, 4) is 11.3 Å². The summed E-state index contributed by atoms with van der Waals surface area (Å²) in [6.45, 7) is 3.30. The van der Waals surface area contributed by atoms with Crippen LogP contribution in [-0.2, 0) is 7.05 Å². The maximum atomic E-state index is 5.85. The first-order valence-corrected chi connectivity index (χ1v) is 8.35. The molecule has 3 aromatic heterocycles. The van der Waals surface area contributed by atoms with Crippen LogP contribution >= 0.6 is 11.6 Å². The van der Waals surface area contributed by atoms with Gasteiger partial charge in [0.25, 0.3) is 0 Å². The van der Waals surface area contributed by atoms with Crippen molar-refractivity contribution in [1.29, 1.82) is 0 Å². The molecule has 0 unspecified atom stereocenters. The SMILES string of the molecule is Cn1cc(-c2cncc(N3CCN(c4ncc(Cl)cn4)CC3)n2)cn1.